The van der Waals surface area contributed by atoms with Crippen molar-refractivity contribution < 1.29 is 13.2 Å². The Morgan fingerprint density at radius 1 is 1.24 bits per heavy atom. The highest BCUT2D eigenvalue weighted by atomic mass is 32.2. The van der Waals surface area contributed by atoms with Gasteiger partial charge in [-0.1, -0.05) is 25.7 Å². The number of amides is 1. The number of sulfonamides is 1. The van der Waals surface area contributed by atoms with Crippen molar-refractivity contribution in [3.05, 3.63) is 24.3 Å². The quantitative estimate of drug-likeness (QED) is 0.906. The summed E-state index contributed by atoms with van der Waals surface area (Å²) in [4.78, 5) is 13.8. The van der Waals surface area contributed by atoms with Gasteiger partial charge in [0.25, 0.3) is 0 Å². The van der Waals surface area contributed by atoms with Crippen LogP contribution in [0, 0.1) is 5.92 Å². The second-order valence-electron chi connectivity index (χ2n) is 5.68. The molecule has 6 heteroatoms. The van der Waals surface area contributed by atoms with E-state index >= 15 is 0 Å². The van der Waals surface area contributed by atoms with Crippen molar-refractivity contribution in [3.63, 3.8) is 0 Å². The minimum absolute atomic E-state index is 0.0538. The average molecular weight is 310 g/mol. The van der Waals surface area contributed by atoms with Crippen LogP contribution in [0.15, 0.2) is 29.2 Å². The molecule has 0 aromatic heterocycles. The first-order valence-electron chi connectivity index (χ1n) is 7.27. The molecule has 1 aromatic carbocycles. The van der Waals surface area contributed by atoms with Crippen LogP contribution in [0.2, 0.25) is 0 Å². The Hall–Kier alpha value is -1.40. The first-order valence-corrected chi connectivity index (χ1v) is 8.82. The average Bonchev–Trinajstić information content (AvgIpc) is 2.96. The lowest BCUT2D eigenvalue weighted by Gasteiger charge is -2.18. The maximum absolute atomic E-state index is 12.2. The van der Waals surface area contributed by atoms with E-state index in [0.29, 0.717) is 18.0 Å². The third-order valence-electron chi connectivity index (χ3n) is 4.17. The molecule has 1 fully saturated rings. The maximum atomic E-state index is 12.2. The van der Waals surface area contributed by atoms with Crippen molar-refractivity contribution in [2.75, 3.05) is 11.9 Å². The Kier molecular flexibility index (Phi) is 5.00. The van der Waals surface area contributed by atoms with Gasteiger partial charge >= 0.3 is 0 Å². The Bertz CT molecular complexity index is 590. The third kappa shape index (κ3) is 4.28. The summed E-state index contributed by atoms with van der Waals surface area (Å²) in [6.07, 6.45) is 6.52. The number of nitrogens with two attached hydrogens (primary N) is 1. The summed E-state index contributed by atoms with van der Waals surface area (Å²) in [7, 11) is -1.98. The van der Waals surface area contributed by atoms with Crippen molar-refractivity contribution in [3.8, 4) is 0 Å². The largest absolute Gasteiger partial charge is 0.316 e. The molecule has 0 saturated heterocycles. The molecule has 5 nitrogen and oxygen atoms in total. The van der Waals surface area contributed by atoms with E-state index in [1.807, 2.05) is 0 Å². The fourth-order valence-electron chi connectivity index (χ4n) is 2.80. The fourth-order valence-corrected chi connectivity index (χ4v) is 3.31. The second-order valence-corrected chi connectivity index (χ2v) is 7.24. The van der Waals surface area contributed by atoms with Crippen LogP contribution in [0.5, 0.6) is 0 Å². The molecule has 0 bridgehead atoms. The molecule has 0 heterocycles. The molecule has 116 valence electrons. The molecule has 21 heavy (non-hydrogen) atoms. The zero-order valence-corrected chi connectivity index (χ0v) is 13.1. The van der Waals surface area contributed by atoms with Gasteiger partial charge in [-0.2, -0.15) is 0 Å². The minimum atomic E-state index is -3.69. The number of hydrogen-bond acceptors (Lipinski definition) is 3. The van der Waals surface area contributed by atoms with E-state index in [2.05, 4.69) is 0 Å². The van der Waals surface area contributed by atoms with E-state index in [-0.39, 0.29) is 10.8 Å². The maximum Gasteiger partial charge on any atom is 0.238 e. The highest BCUT2D eigenvalue weighted by Gasteiger charge is 2.18. The van der Waals surface area contributed by atoms with Gasteiger partial charge in [0, 0.05) is 19.2 Å². The molecule has 0 spiro atoms. The highest BCUT2D eigenvalue weighted by molar-refractivity contribution is 7.89. The van der Waals surface area contributed by atoms with Crippen molar-refractivity contribution >= 4 is 21.6 Å². The number of carbonyl (C=O) groups excluding carboxylic acids is 1. The molecule has 0 radical (unpaired) electrons. The Morgan fingerprint density at radius 3 is 2.33 bits per heavy atom. The molecule has 1 aromatic rings. The van der Waals surface area contributed by atoms with Crippen LogP contribution in [0.25, 0.3) is 0 Å². The monoisotopic (exact) mass is 310 g/mol. The van der Waals surface area contributed by atoms with Crippen molar-refractivity contribution in [2.45, 2.75) is 43.4 Å². The molecule has 1 aliphatic rings. The Morgan fingerprint density at radius 2 is 1.81 bits per heavy atom. The molecule has 2 N–H and O–H groups in total. The number of nitrogens with zero attached hydrogens (tertiary/aromatic N) is 1. The smallest absolute Gasteiger partial charge is 0.238 e. The molecule has 1 saturated carbocycles. The number of hydrogen-bond donors (Lipinski definition) is 1. The van der Waals surface area contributed by atoms with Crippen LogP contribution in [-0.4, -0.2) is 21.4 Å². The van der Waals surface area contributed by atoms with Gasteiger partial charge in [0.05, 0.1) is 4.90 Å². The molecular formula is C15H22N2O3S. The molecule has 2 rings (SSSR count). The zero-order chi connectivity index (χ0) is 15.5. The van der Waals surface area contributed by atoms with E-state index < -0.39 is 10.0 Å². The van der Waals surface area contributed by atoms with Gasteiger partial charge < -0.3 is 4.90 Å². The normalized spacial score (nSPS) is 16.1. The van der Waals surface area contributed by atoms with Crippen LogP contribution in [-0.2, 0) is 14.8 Å². The van der Waals surface area contributed by atoms with Gasteiger partial charge in [-0.25, -0.2) is 13.6 Å². The van der Waals surface area contributed by atoms with E-state index in [9.17, 15) is 13.2 Å². The van der Waals surface area contributed by atoms with E-state index in [4.69, 9.17) is 5.14 Å². The fraction of sp³-hybridized carbons (Fsp3) is 0.533. The number of rotatable bonds is 5. The predicted molar refractivity (Wildman–Crippen MR) is 82.4 cm³/mol. The van der Waals surface area contributed by atoms with Crippen LogP contribution >= 0.6 is 0 Å². The number of carbonyl (C=O) groups is 1. The lowest BCUT2D eigenvalue weighted by molar-refractivity contribution is -0.118. The summed E-state index contributed by atoms with van der Waals surface area (Å²) in [5.74, 6) is 0.748. The summed E-state index contributed by atoms with van der Waals surface area (Å²) >= 11 is 0. The Balaban J connectivity index is 1.95. The van der Waals surface area contributed by atoms with E-state index in [1.165, 1.54) is 37.8 Å². The number of anilines is 1. The summed E-state index contributed by atoms with van der Waals surface area (Å²) in [5, 5.41) is 5.05. The highest BCUT2D eigenvalue weighted by Crippen LogP contribution is 2.29. The predicted octanol–water partition coefficient (Wildman–Crippen LogP) is 2.27. The van der Waals surface area contributed by atoms with Gasteiger partial charge in [-0.05, 0) is 36.6 Å². The standard InChI is InChI=1S/C15H22N2O3S/c1-17(15(18)11-6-12-4-2-3-5-12)13-7-9-14(10-8-13)21(16,19)20/h7-10,12H,2-6,11H2,1H3,(H2,16,19,20). The molecular weight excluding hydrogens is 288 g/mol. The van der Waals surface area contributed by atoms with Gasteiger partial charge in [0.2, 0.25) is 15.9 Å². The van der Waals surface area contributed by atoms with Crippen LogP contribution < -0.4 is 10.0 Å². The topological polar surface area (TPSA) is 80.5 Å². The third-order valence-corrected chi connectivity index (χ3v) is 5.10. The van der Waals surface area contributed by atoms with E-state index in [0.717, 1.165) is 6.42 Å². The lowest BCUT2D eigenvalue weighted by atomic mass is 10.0. The first kappa shape index (κ1) is 16.0. The second kappa shape index (κ2) is 6.58. The van der Waals surface area contributed by atoms with Gasteiger partial charge in [-0.15, -0.1) is 0 Å². The molecule has 0 atom stereocenters. The van der Waals surface area contributed by atoms with Crippen molar-refractivity contribution in [1.29, 1.82) is 0 Å². The molecule has 0 unspecified atom stereocenters. The van der Waals surface area contributed by atoms with E-state index in [1.54, 1.807) is 24.1 Å². The summed E-state index contributed by atoms with van der Waals surface area (Å²) in [6, 6.07) is 6.05. The summed E-state index contributed by atoms with van der Waals surface area (Å²) in [6.45, 7) is 0. The molecule has 1 aliphatic carbocycles. The molecule has 0 aliphatic heterocycles. The van der Waals surface area contributed by atoms with Gasteiger partial charge in [0.15, 0.2) is 0 Å². The first-order chi connectivity index (χ1) is 9.88. The SMILES string of the molecule is CN(C(=O)CCC1CCCC1)c1ccc(S(N)(=O)=O)cc1. The minimum Gasteiger partial charge on any atom is -0.316 e. The van der Waals surface area contributed by atoms with Crippen molar-refractivity contribution in [1.82, 2.24) is 0 Å². The van der Waals surface area contributed by atoms with Crippen LogP contribution in [0.4, 0.5) is 5.69 Å². The van der Waals surface area contributed by atoms with Crippen LogP contribution in [0.1, 0.15) is 38.5 Å². The van der Waals surface area contributed by atoms with Crippen molar-refractivity contribution in [2.24, 2.45) is 11.1 Å². The Labute approximate surface area is 126 Å². The van der Waals surface area contributed by atoms with Gasteiger partial charge in [-0.3, -0.25) is 4.79 Å². The summed E-state index contributed by atoms with van der Waals surface area (Å²) < 4.78 is 22.4. The molecule has 1 amide bonds. The summed E-state index contributed by atoms with van der Waals surface area (Å²) in [5.41, 5.74) is 0.679. The number of benzene rings is 1. The van der Waals surface area contributed by atoms with Crippen LogP contribution in [0.3, 0.4) is 0 Å². The van der Waals surface area contributed by atoms with Gasteiger partial charge in [0.1, 0.15) is 0 Å². The zero-order valence-electron chi connectivity index (χ0n) is 12.3. The number of primary sulfonamides is 1. The lowest BCUT2D eigenvalue weighted by Crippen LogP contribution is -2.26.